The number of ether oxygens (including phenoxy) is 1. The molecule has 0 saturated carbocycles. The van der Waals surface area contributed by atoms with E-state index in [1.165, 1.54) is 0 Å². The summed E-state index contributed by atoms with van der Waals surface area (Å²) in [6.07, 6.45) is 0. The lowest BCUT2D eigenvalue weighted by atomic mass is 9.97. The Morgan fingerprint density at radius 3 is 2.42 bits per heavy atom. The molecule has 4 heteroatoms. The van der Waals surface area contributed by atoms with Gasteiger partial charge < -0.3 is 9.84 Å². The van der Waals surface area contributed by atoms with Gasteiger partial charge in [-0.25, -0.2) is 0 Å². The van der Waals surface area contributed by atoms with Crippen LogP contribution < -0.4 is 4.74 Å². The standard InChI is InChI=1S/C15H23NO3/c1-10-9-12(7-8-13(10)19-6)11(2)16(5)15(3,4)14(17)18/h7-9,11H,1-6H3,(H,17,18). The number of carboxylic acid groups (broad SMARTS) is 1. The molecule has 0 aliphatic heterocycles. The van der Waals surface area contributed by atoms with E-state index in [0.29, 0.717) is 0 Å². The molecule has 0 aliphatic rings. The molecule has 4 nitrogen and oxygen atoms in total. The van der Waals surface area contributed by atoms with Crippen LogP contribution in [0.2, 0.25) is 0 Å². The van der Waals surface area contributed by atoms with E-state index in [9.17, 15) is 9.90 Å². The van der Waals surface area contributed by atoms with Crippen molar-refractivity contribution >= 4 is 5.97 Å². The largest absolute Gasteiger partial charge is 0.496 e. The van der Waals surface area contributed by atoms with Crippen LogP contribution in [0.4, 0.5) is 0 Å². The minimum Gasteiger partial charge on any atom is -0.496 e. The Morgan fingerprint density at radius 1 is 1.42 bits per heavy atom. The van der Waals surface area contributed by atoms with Crippen LogP contribution in [0.5, 0.6) is 5.75 Å². The molecule has 1 aromatic rings. The van der Waals surface area contributed by atoms with Crippen LogP contribution in [-0.4, -0.2) is 35.7 Å². The van der Waals surface area contributed by atoms with Gasteiger partial charge in [0.2, 0.25) is 0 Å². The van der Waals surface area contributed by atoms with Gasteiger partial charge >= 0.3 is 5.97 Å². The zero-order valence-electron chi connectivity index (χ0n) is 12.5. The third-order valence-electron chi connectivity index (χ3n) is 3.89. The Kier molecular flexibility index (Phi) is 4.58. The summed E-state index contributed by atoms with van der Waals surface area (Å²) < 4.78 is 5.24. The van der Waals surface area contributed by atoms with E-state index in [1.807, 2.05) is 44.0 Å². The molecule has 1 N–H and O–H groups in total. The van der Waals surface area contributed by atoms with Crippen LogP contribution in [0.25, 0.3) is 0 Å². The van der Waals surface area contributed by atoms with E-state index >= 15 is 0 Å². The molecule has 0 aromatic heterocycles. The number of nitrogens with zero attached hydrogens (tertiary/aromatic N) is 1. The molecule has 0 heterocycles. The highest BCUT2D eigenvalue weighted by atomic mass is 16.5. The van der Waals surface area contributed by atoms with Crippen molar-refractivity contribution < 1.29 is 14.6 Å². The average molecular weight is 265 g/mol. The monoisotopic (exact) mass is 265 g/mol. The molecular formula is C15H23NO3. The second kappa shape index (κ2) is 5.61. The van der Waals surface area contributed by atoms with E-state index in [1.54, 1.807) is 21.0 Å². The number of rotatable bonds is 5. The number of methoxy groups -OCH3 is 1. The van der Waals surface area contributed by atoms with Gasteiger partial charge in [0, 0.05) is 6.04 Å². The van der Waals surface area contributed by atoms with E-state index < -0.39 is 11.5 Å². The Balaban J connectivity index is 3.03. The predicted octanol–water partition coefficient (Wildman–Crippen LogP) is 2.86. The van der Waals surface area contributed by atoms with Gasteiger partial charge in [-0.3, -0.25) is 9.69 Å². The third-order valence-corrected chi connectivity index (χ3v) is 3.89. The first-order valence-corrected chi connectivity index (χ1v) is 6.32. The predicted molar refractivity (Wildman–Crippen MR) is 75.6 cm³/mol. The van der Waals surface area contributed by atoms with Crippen molar-refractivity contribution in [1.29, 1.82) is 0 Å². The molecule has 1 atom stereocenters. The SMILES string of the molecule is COc1ccc(C(C)N(C)C(C)(C)C(=O)O)cc1C. The minimum absolute atomic E-state index is 0.00991. The number of aliphatic carboxylic acids is 1. The van der Waals surface area contributed by atoms with Crippen LogP contribution >= 0.6 is 0 Å². The van der Waals surface area contributed by atoms with Gasteiger partial charge in [0.1, 0.15) is 11.3 Å². The Morgan fingerprint density at radius 2 is 2.00 bits per heavy atom. The molecule has 1 unspecified atom stereocenters. The first-order valence-electron chi connectivity index (χ1n) is 6.32. The highest BCUT2D eigenvalue weighted by Gasteiger charge is 2.35. The summed E-state index contributed by atoms with van der Waals surface area (Å²) >= 11 is 0. The van der Waals surface area contributed by atoms with Crippen LogP contribution in [0.1, 0.15) is 37.9 Å². The van der Waals surface area contributed by atoms with E-state index in [-0.39, 0.29) is 6.04 Å². The zero-order chi connectivity index (χ0) is 14.8. The number of likely N-dealkylation sites (N-methyl/N-ethyl adjacent to an activating group) is 1. The number of hydrogen-bond donors (Lipinski definition) is 1. The van der Waals surface area contributed by atoms with E-state index in [0.717, 1.165) is 16.9 Å². The van der Waals surface area contributed by atoms with E-state index in [2.05, 4.69) is 0 Å². The van der Waals surface area contributed by atoms with Crippen LogP contribution in [0, 0.1) is 6.92 Å². The Labute approximate surface area is 115 Å². The van der Waals surface area contributed by atoms with Gasteiger partial charge in [0.25, 0.3) is 0 Å². The van der Waals surface area contributed by atoms with Gasteiger partial charge in [-0.05, 0) is 51.9 Å². The fourth-order valence-electron chi connectivity index (χ4n) is 2.02. The van der Waals surface area contributed by atoms with Crippen molar-refractivity contribution in [3.8, 4) is 5.75 Å². The molecule has 0 fully saturated rings. The van der Waals surface area contributed by atoms with Crippen LogP contribution in [-0.2, 0) is 4.79 Å². The molecule has 1 aromatic carbocycles. The van der Waals surface area contributed by atoms with Crippen molar-refractivity contribution in [3.05, 3.63) is 29.3 Å². The second-order valence-corrected chi connectivity index (χ2v) is 5.38. The summed E-state index contributed by atoms with van der Waals surface area (Å²) in [5.74, 6) is 0.0168. The van der Waals surface area contributed by atoms with Gasteiger partial charge in [-0.2, -0.15) is 0 Å². The third kappa shape index (κ3) is 3.07. The summed E-state index contributed by atoms with van der Waals surface area (Å²) in [5.41, 5.74) is 1.22. The highest BCUT2D eigenvalue weighted by molar-refractivity contribution is 5.77. The molecule has 0 radical (unpaired) electrons. The van der Waals surface area contributed by atoms with Crippen molar-refractivity contribution in [2.75, 3.05) is 14.2 Å². The molecule has 1 rings (SSSR count). The molecule has 0 amide bonds. The first kappa shape index (κ1) is 15.5. The molecule has 106 valence electrons. The van der Waals surface area contributed by atoms with Gasteiger partial charge in [0.15, 0.2) is 0 Å². The molecule has 0 bridgehead atoms. The Hall–Kier alpha value is -1.55. The quantitative estimate of drug-likeness (QED) is 0.889. The fraction of sp³-hybridized carbons (Fsp3) is 0.533. The molecule has 0 saturated heterocycles. The maximum Gasteiger partial charge on any atom is 0.323 e. The fourth-order valence-corrected chi connectivity index (χ4v) is 2.02. The summed E-state index contributed by atoms with van der Waals surface area (Å²) in [7, 11) is 3.48. The summed E-state index contributed by atoms with van der Waals surface area (Å²) in [6.45, 7) is 7.41. The van der Waals surface area contributed by atoms with Gasteiger partial charge in [0.05, 0.1) is 7.11 Å². The van der Waals surface area contributed by atoms with Crippen molar-refractivity contribution in [1.82, 2.24) is 4.90 Å². The highest BCUT2D eigenvalue weighted by Crippen LogP contribution is 2.29. The van der Waals surface area contributed by atoms with Crippen LogP contribution in [0.15, 0.2) is 18.2 Å². The maximum atomic E-state index is 11.3. The van der Waals surface area contributed by atoms with Crippen molar-refractivity contribution in [2.24, 2.45) is 0 Å². The first-order chi connectivity index (χ1) is 8.71. The normalized spacial score (nSPS) is 13.4. The molecular weight excluding hydrogens is 242 g/mol. The van der Waals surface area contributed by atoms with Gasteiger partial charge in [-0.1, -0.05) is 12.1 Å². The number of hydrogen-bond acceptors (Lipinski definition) is 3. The average Bonchev–Trinajstić information content (AvgIpc) is 2.36. The van der Waals surface area contributed by atoms with Gasteiger partial charge in [-0.15, -0.1) is 0 Å². The second-order valence-electron chi connectivity index (χ2n) is 5.38. The topological polar surface area (TPSA) is 49.8 Å². The van der Waals surface area contributed by atoms with E-state index in [4.69, 9.17) is 4.74 Å². The van der Waals surface area contributed by atoms with Crippen molar-refractivity contribution in [2.45, 2.75) is 39.3 Å². The maximum absolute atomic E-state index is 11.3. The lowest BCUT2D eigenvalue weighted by Gasteiger charge is -2.36. The molecule has 0 spiro atoms. The summed E-state index contributed by atoms with van der Waals surface area (Å²) in [4.78, 5) is 13.2. The summed E-state index contributed by atoms with van der Waals surface area (Å²) in [5, 5.41) is 9.28. The lowest BCUT2D eigenvalue weighted by molar-refractivity contribution is -0.149. The molecule has 0 aliphatic carbocycles. The Bertz CT molecular complexity index is 468. The van der Waals surface area contributed by atoms with Crippen LogP contribution in [0.3, 0.4) is 0 Å². The number of carboxylic acids is 1. The summed E-state index contributed by atoms with van der Waals surface area (Å²) in [6, 6.07) is 5.95. The zero-order valence-corrected chi connectivity index (χ0v) is 12.5. The van der Waals surface area contributed by atoms with Crippen molar-refractivity contribution in [3.63, 3.8) is 0 Å². The minimum atomic E-state index is -0.909. The lowest BCUT2D eigenvalue weighted by Crippen LogP contribution is -2.48. The smallest absolute Gasteiger partial charge is 0.323 e. The number of aryl methyl sites for hydroxylation is 1. The number of carbonyl (C=O) groups is 1. The molecule has 19 heavy (non-hydrogen) atoms. The number of benzene rings is 1.